The van der Waals surface area contributed by atoms with Crippen molar-refractivity contribution in [1.29, 1.82) is 0 Å². The predicted octanol–water partition coefficient (Wildman–Crippen LogP) is 1.97. The summed E-state index contributed by atoms with van der Waals surface area (Å²) in [5.41, 5.74) is 2.15. The van der Waals surface area contributed by atoms with Crippen molar-refractivity contribution in [2.24, 2.45) is 5.41 Å². The monoisotopic (exact) mass is 320 g/mol. The molecule has 0 amide bonds. The van der Waals surface area contributed by atoms with Crippen molar-refractivity contribution >= 4 is 25.2 Å². The molecule has 4 nitrogen and oxygen atoms in total. The van der Waals surface area contributed by atoms with E-state index in [0.29, 0.717) is 12.8 Å². The number of hydrogen-bond donors (Lipinski definition) is 0. The Bertz CT molecular complexity index is 612. The summed E-state index contributed by atoms with van der Waals surface area (Å²) >= 11 is 0. The predicted molar refractivity (Wildman–Crippen MR) is 88.0 cm³/mol. The number of hydrogen-bond acceptors (Lipinski definition) is 4. The molecule has 0 unspecified atom stereocenters. The number of esters is 2. The fraction of sp³-hybridized carbons (Fsp3) is 0.529. The molecular formula is C17H24O4Si. The summed E-state index contributed by atoms with van der Waals surface area (Å²) in [5.74, 6) is -1.02. The molecule has 0 fully saturated rings. The molecule has 0 atom stereocenters. The van der Waals surface area contributed by atoms with Gasteiger partial charge in [0.2, 0.25) is 0 Å². The smallest absolute Gasteiger partial charge is 0.323 e. The van der Waals surface area contributed by atoms with Crippen molar-refractivity contribution in [3.63, 3.8) is 0 Å². The first-order valence-corrected chi connectivity index (χ1v) is 11.0. The van der Waals surface area contributed by atoms with Gasteiger partial charge >= 0.3 is 11.9 Å². The SMILES string of the molecule is COC(=O)C1(C(=O)OC)Cc2ccc([Si](C)(C)C)c(C)c2C1. The number of ether oxygens (including phenoxy) is 2. The third-order valence-electron chi connectivity index (χ3n) is 4.63. The minimum atomic E-state index is -1.47. The average Bonchev–Trinajstić information content (AvgIpc) is 2.86. The summed E-state index contributed by atoms with van der Waals surface area (Å²) in [6.45, 7) is 8.98. The topological polar surface area (TPSA) is 52.6 Å². The molecule has 0 bridgehead atoms. The molecule has 0 N–H and O–H groups in total. The minimum Gasteiger partial charge on any atom is -0.468 e. The van der Waals surface area contributed by atoms with Crippen molar-refractivity contribution in [2.75, 3.05) is 14.2 Å². The van der Waals surface area contributed by atoms with Crippen molar-refractivity contribution < 1.29 is 19.1 Å². The lowest BCUT2D eigenvalue weighted by Gasteiger charge is -2.23. The van der Waals surface area contributed by atoms with Gasteiger partial charge in [0.1, 0.15) is 0 Å². The van der Waals surface area contributed by atoms with E-state index in [0.717, 1.165) is 11.1 Å². The van der Waals surface area contributed by atoms with Gasteiger partial charge in [-0.05, 0) is 30.0 Å². The normalized spacial score (nSPS) is 16.1. The van der Waals surface area contributed by atoms with Gasteiger partial charge in [0.25, 0.3) is 0 Å². The molecule has 120 valence electrons. The van der Waals surface area contributed by atoms with E-state index in [9.17, 15) is 9.59 Å². The van der Waals surface area contributed by atoms with Crippen LogP contribution in [0.15, 0.2) is 12.1 Å². The van der Waals surface area contributed by atoms with Crippen molar-refractivity contribution in [3.05, 3.63) is 28.8 Å². The molecule has 0 spiro atoms. The molecule has 0 saturated carbocycles. The third-order valence-corrected chi connectivity index (χ3v) is 6.78. The summed E-state index contributed by atoms with van der Waals surface area (Å²) in [6.07, 6.45) is 0.723. The zero-order valence-electron chi connectivity index (χ0n) is 14.2. The molecule has 1 aliphatic rings. The fourth-order valence-corrected chi connectivity index (χ4v) is 5.35. The first kappa shape index (κ1) is 16.7. The third kappa shape index (κ3) is 2.47. The van der Waals surface area contributed by atoms with Crippen LogP contribution < -0.4 is 5.19 Å². The first-order chi connectivity index (χ1) is 10.2. The maximum atomic E-state index is 12.3. The summed E-state index contributed by atoms with van der Waals surface area (Å²) in [6, 6.07) is 4.22. The summed E-state index contributed by atoms with van der Waals surface area (Å²) < 4.78 is 9.80. The Hall–Kier alpha value is -1.62. The quantitative estimate of drug-likeness (QED) is 0.485. The fourth-order valence-electron chi connectivity index (χ4n) is 3.49. The highest BCUT2D eigenvalue weighted by Crippen LogP contribution is 2.40. The summed E-state index contributed by atoms with van der Waals surface area (Å²) in [5, 5.41) is 1.37. The van der Waals surface area contributed by atoms with E-state index in [1.54, 1.807) is 0 Å². The van der Waals surface area contributed by atoms with E-state index in [1.807, 2.05) is 0 Å². The van der Waals surface area contributed by atoms with E-state index in [1.165, 1.54) is 25.0 Å². The van der Waals surface area contributed by atoms with Gasteiger partial charge < -0.3 is 9.47 Å². The van der Waals surface area contributed by atoms with Crippen LogP contribution >= 0.6 is 0 Å². The lowest BCUT2D eigenvalue weighted by atomic mass is 9.84. The lowest BCUT2D eigenvalue weighted by molar-refractivity contribution is -0.168. The molecular weight excluding hydrogens is 296 g/mol. The second-order valence-corrected chi connectivity index (χ2v) is 12.1. The molecule has 5 heteroatoms. The van der Waals surface area contributed by atoms with Crippen LogP contribution in [0.2, 0.25) is 19.6 Å². The van der Waals surface area contributed by atoms with Crippen LogP contribution in [-0.2, 0) is 31.9 Å². The van der Waals surface area contributed by atoms with Crippen LogP contribution in [0, 0.1) is 12.3 Å². The van der Waals surface area contributed by atoms with E-state index >= 15 is 0 Å². The largest absolute Gasteiger partial charge is 0.468 e. The van der Waals surface area contributed by atoms with E-state index in [4.69, 9.17) is 9.47 Å². The molecule has 0 aliphatic heterocycles. The van der Waals surface area contributed by atoms with Gasteiger partial charge in [-0.25, -0.2) is 0 Å². The molecule has 1 aromatic carbocycles. The number of fused-ring (bicyclic) bond motifs is 1. The van der Waals surface area contributed by atoms with Gasteiger partial charge in [-0.3, -0.25) is 9.59 Å². The Kier molecular flexibility index (Phi) is 4.21. The Labute approximate surface area is 132 Å². The van der Waals surface area contributed by atoms with Gasteiger partial charge in [0.05, 0.1) is 22.3 Å². The van der Waals surface area contributed by atoms with Gasteiger partial charge in [-0.1, -0.05) is 37.0 Å². The van der Waals surface area contributed by atoms with E-state index in [2.05, 4.69) is 38.7 Å². The Morgan fingerprint density at radius 1 is 1.05 bits per heavy atom. The highest BCUT2D eigenvalue weighted by atomic mass is 28.3. The van der Waals surface area contributed by atoms with Crippen molar-refractivity contribution in [1.82, 2.24) is 0 Å². The molecule has 2 rings (SSSR count). The van der Waals surface area contributed by atoms with Crippen LogP contribution in [0.3, 0.4) is 0 Å². The van der Waals surface area contributed by atoms with Crippen LogP contribution in [0.4, 0.5) is 0 Å². The van der Waals surface area contributed by atoms with E-state index < -0.39 is 25.4 Å². The van der Waals surface area contributed by atoms with Crippen LogP contribution in [0.25, 0.3) is 0 Å². The number of rotatable bonds is 3. The number of carbonyl (C=O) groups excluding carboxylic acids is 2. The number of carbonyl (C=O) groups is 2. The standard InChI is InChI=1S/C17H24O4Si/c1-11-13-10-17(15(18)20-2,16(19)21-3)9-12(13)7-8-14(11)22(4,5)6/h7-8H,9-10H2,1-6H3. The zero-order valence-corrected chi connectivity index (χ0v) is 15.2. The second kappa shape index (κ2) is 5.54. The van der Waals surface area contributed by atoms with Crippen LogP contribution in [0.1, 0.15) is 16.7 Å². The lowest BCUT2D eigenvalue weighted by Crippen LogP contribution is -2.42. The molecule has 0 radical (unpaired) electrons. The highest BCUT2D eigenvalue weighted by Gasteiger charge is 2.53. The van der Waals surface area contributed by atoms with Crippen LogP contribution in [0.5, 0.6) is 0 Å². The molecule has 22 heavy (non-hydrogen) atoms. The van der Waals surface area contributed by atoms with Crippen LogP contribution in [-0.4, -0.2) is 34.2 Å². The highest BCUT2D eigenvalue weighted by molar-refractivity contribution is 6.89. The zero-order chi connectivity index (χ0) is 16.7. The summed E-state index contributed by atoms with van der Waals surface area (Å²) in [7, 11) is 1.16. The van der Waals surface area contributed by atoms with Gasteiger partial charge in [0, 0.05) is 6.42 Å². The van der Waals surface area contributed by atoms with Gasteiger partial charge in [0.15, 0.2) is 5.41 Å². The minimum absolute atomic E-state index is 0.356. The number of methoxy groups -OCH3 is 2. The van der Waals surface area contributed by atoms with Gasteiger partial charge in [-0.2, -0.15) is 0 Å². The average molecular weight is 320 g/mol. The molecule has 1 aromatic rings. The van der Waals surface area contributed by atoms with E-state index in [-0.39, 0.29) is 0 Å². The Morgan fingerprint density at radius 3 is 2.05 bits per heavy atom. The molecule has 0 heterocycles. The molecule has 0 aromatic heterocycles. The maximum Gasteiger partial charge on any atom is 0.323 e. The van der Waals surface area contributed by atoms with Gasteiger partial charge in [-0.15, -0.1) is 0 Å². The van der Waals surface area contributed by atoms with Crippen molar-refractivity contribution in [2.45, 2.75) is 39.4 Å². The number of benzene rings is 1. The maximum absolute atomic E-state index is 12.3. The second-order valence-electron chi connectivity index (χ2n) is 7.04. The van der Waals surface area contributed by atoms with Crippen molar-refractivity contribution in [3.8, 4) is 0 Å². The molecule has 0 saturated heterocycles. The first-order valence-electron chi connectivity index (χ1n) is 7.46. The summed E-state index contributed by atoms with van der Waals surface area (Å²) in [4.78, 5) is 24.6. The Balaban J connectivity index is 2.54. The molecule has 1 aliphatic carbocycles. The Morgan fingerprint density at radius 2 is 1.59 bits per heavy atom.